The van der Waals surface area contributed by atoms with E-state index in [2.05, 4.69) is 70.5 Å². The van der Waals surface area contributed by atoms with Crippen LogP contribution < -0.4 is 0 Å². The zero-order valence-electron chi connectivity index (χ0n) is 16.8. The molecule has 0 saturated heterocycles. The Bertz CT molecular complexity index is 1140. The Hall–Kier alpha value is -2.08. The Morgan fingerprint density at radius 2 is 1.62 bits per heavy atom. The molecule has 150 valence electrons. The molecule has 4 heteroatoms. The molecular weight excluding hydrogens is 473 g/mol. The van der Waals surface area contributed by atoms with Gasteiger partial charge < -0.3 is 8.98 Å². The van der Waals surface area contributed by atoms with E-state index in [9.17, 15) is 4.79 Å². The van der Waals surface area contributed by atoms with Crippen LogP contribution in [0.2, 0.25) is 0 Å². The van der Waals surface area contributed by atoms with Gasteiger partial charge in [0.05, 0.1) is 0 Å². The van der Waals surface area contributed by atoms with Crippen molar-refractivity contribution in [3.8, 4) is 11.3 Å². The van der Waals surface area contributed by atoms with Crippen molar-refractivity contribution >= 4 is 50.7 Å². The fourth-order valence-electron chi connectivity index (χ4n) is 4.09. The Morgan fingerprint density at radius 3 is 2.38 bits per heavy atom. The van der Waals surface area contributed by atoms with Crippen molar-refractivity contribution in [2.45, 2.75) is 52.0 Å². The van der Waals surface area contributed by atoms with Gasteiger partial charge in [0.25, 0.3) is 0 Å². The maximum Gasteiger partial charge on any atom is 0.185 e. The molecular formula is C25H26INO2. The normalized spacial score (nSPS) is 11.5. The van der Waals surface area contributed by atoms with E-state index in [0.717, 1.165) is 24.2 Å². The molecule has 0 aliphatic rings. The smallest absolute Gasteiger partial charge is 0.185 e. The second-order valence-corrected chi connectivity index (χ2v) is 8.88. The molecule has 3 nitrogen and oxygen atoms in total. The third-order valence-electron chi connectivity index (χ3n) is 5.59. The number of hydrogen-bond acceptors (Lipinski definition) is 2. The highest BCUT2D eigenvalue weighted by molar-refractivity contribution is 14.1. The van der Waals surface area contributed by atoms with Gasteiger partial charge in [-0.15, -0.1) is 0 Å². The Balaban J connectivity index is 1.69. The van der Waals surface area contributed by atoms with E-state index in [1.165, 1.54) is 63.9 Å². The van der Waals surface area contributed by atoms with Crippen LogP contribution >= 0.6 is 22.6 Å². The first-order chi connectivity index (χ1) is 14.2. The molecule has 4 aromatic rings. The number of aromatic nitrogens is 1. The molecule has 0 amide bonds. The Morgan fingerprint density at radius 1 is 0.897 bits per heavy atom. The minimum absolute atomic E-state index is 0.361. The van der Waals surface area contributed by atoms with Gasteiger partial charge in [0.1, 0.15) is 5.76 Å². The van der Waals surface area contributed by atoms with Crippen LogP contribution in [0.1, 0.15) is 56.0 Å². The van der Waals surface area contributed by atoms with Gasteiger partial charge in [0, 0.05) is 37.5 Å². The second kappa shape index (κ2) is 9.16. The number of hydrogen-bond donors (Lipinski definition) is 0. The first kappa shape index (κ1) is 20.2. The minimum Gasteiger partial charge on any atom is -0.453 e. The van der Waals surface area contributed by atoms with Gasteiger partial charge >= 0.3 is 0 Å². The van der Waals surface area contributed by atoms with Crippen LogP contribution in [-0.4, -0.2) is 10.9 Å². The molecule has 0 aliphatic heterocycles. The van der Waals surface area contributed by atoms with E-state index in [1.807, 2.05) is 6.07 Å². The summed E-state index contributed by atoms with van der Waals surface area (Å²) in [5.41, 5.74) is 3.56. The fraction of sp³-hybridized carbons (Fsp3) is 0.320. The molecule has 0 fully saturated rings. The highest BCUT2D eigenvalue weighted by Gasteiger charge is 2.13. The van der Waals surface area contributed by atoms with Crippen LogP contribution in [0.25, 0.3) is 33.1 Å². The summed E-state index contributed by atoms with van der Waals surface area (Å²) in [5.74, 6) is 1.09. The highest BCUT2D eigenvalue weighted by Crippen LogP contribution is 2.34. The summed E-state index contributed by atoms with van der Waals surface area (Å²) < 4.78 is 9.34. The lowest BCUT2D eigenvalue weighted by Crippen LogP contribution is -1.97. The number of halogens is 1. The average molecular weight is 499 g/mol. The molecule has 0 radical (unpaired) electrons. The van der Waals surface area contributed by atoms with E-state index in [0.29, 0.717) is 5.76 Å². The summed E-state index contributed by atoms with van der Waals surface area (Å²) in [6, 6.07) is 16.8. The zero-order valence-corrected chi connectivity index (χ0v) is 18.9. The Kier molecular flexibility index (Phi) is 6.38. The summed E-state index contributed by atoms with van der Waals surface area (Å²) >= 11 is 2.38. The van der Waals surface area contributed by atoms with Crippen LogP contribution in [0, 0.1) is 3.57 Å². The van der Waals surface area contributed by atoms with Gasteiger partial charge in [-0.25, -0.2) is 0 Å². The molecule has 2 aromatic carbocycles. The van der Waals surface area contributed by atoms with Crippen LogP contribution in [-0.2, 0) is 6.54 Å². The number of rotatable bonds is 9. The van der Waals surface area contributed by atoms with Crippen molar-refractivity contribution in [2.24, 2.45) is 0 Å². The molecule has 0 atom stereocenters. The number of nitrogens with zero attached hydrogens (tertiary/aromatic N) is 1. The van der Waals surface area contributed by atoms with E-state index in [1.54, 1.807) is 6.07 Å². The number of carbonyl (C=O) groups is 1. The standard InChI is InChI=1S/C25H26INO2/c1-2-3-4-5-6-7-14-27-23-11-8-18(25-13-10-20(17-28)29-25)15-21(23)22-16-19(26)9-12-24(22)27/h8-13,15-17H,2-7,14H2,1H3. The number of aldehydes is 1. The van der Waals surface area contributed by atoms with Crippen LogP contribution in [0.5, 0.6) is 0 Å². The fourth-order valence-corrected chi connectivity index (χ4v) is 4.58. The SMILES string of the molecule is CCCCCCCCn1c2ccc(I)cc2c2cc(-c3ccc(C=O)o3)ccc21. The summed E-state index contributed by atoms with van der Waals surface area (Å²) in [5, 5.41) is 2.52. The van der Waals surface area contributed by atoms with Crippen molar-refractivity contribution in [1.82, 2.24) is 4.57 Å². The minimum atomic E-state index is 0.361. The predicted molar refractivity (Wildman–Crippen MR) is 129 cm³/mol. The first-order valence-electron chi connectivity index (χ1n) is 10.5. The van der Waals surface area contributed by atoms with Crippen LogP contribution in [0.3, 0.4) is 0 Å². The number of fused-ring (bicyclic) bond motifs is 3. The van der Waals surface area contributed by atoms with Crippen molar-refractivity contribution in [3.05, 3.63) is 57.9 Å². The van der Waals surface area contributed by atoms with Gasteiger partial charge in [0.15, 0.2) is 12.0 Å². The molecule has 29 heavy (non-hydrogen) atoms. The van der Waals surface area contributed by atoms with Gasteiger partial charge in [0.2, 0.25) is 0 Å². The van der Waals surface area contributed by atoms with Crippen LogP contribution in [0.4, 0.5) is 0 Å². The van der Waals surface area contributed by atoms with Crippen molar-refractivity contribution in [2.75, 3.05) is 0 Å². The number of carbonyl (C=O) groups excluding carboxylic acids is 1. The summed E-state index contributed by atoms with van der Waals surface area (Å²) in [6.45, 7) is 3.30. The zero-order chi connectivity index (χ0) is 20.2. The van der Waals surface area contributed by atoms with Crippen molar-refractivity contribution < 1.29 is 9.21 Å². The molecule has 0 unspecified atom stereocenters. The van der Waals surface area contributed by atoms with Gasteiger partial charge in [-0.3, -0.25) is 4.79 Å². The second-order valence-electron chi connectivity index (χ2n) is 7.63. The van der Waals surface area contributed by atoms with Gasteiger partial charge in [-0.2, -0.15) is 0 Å². The predicted octanol–water partition coefficient (Wildman–Crippen LogP) is 7.83. The van der Waals surface area contributed by atoms with Gasteiger partial charge in [-0.05, 0) is 77.5 Å². The van der Waals surface area contributed by atoms with E-state index in [4.69, 9.17) is 4.42 Å². The molecule has 0 bridgehead atoms. The maximum absolute atomic E-state index is 11.0. The number of unbranched alkanes of at least 4 members (excludes halogenated alkanes) is 5. The first-order valence-corrected chi connectivity index (χ1v) is 11.6. The lowest BCUT2D eigenvalue weighted by Gasteiger charge is -2.08. The number of benzene rings is 2. The lowest BCUT2D eigenvalue weighted by molar-refractivity contribution is 0.110. The summed E-state index contributed by atoms with van der Waals surface area (Å²) in [4.78, 5) is 11.0. The molecule has 2 heterocycles. The van der Waals surface area contributed by atoms with Crippen molar-refractivity contribution in [3.63, 3.8) is 0 Å². The Labute approximate surface area is 185 Å². The quantitative estimate of drug-likeness (QED) is 0.134. The lowest BCUT2D eigenvalue weighted by atomic mass is 10.1. The molecule has 2 aromatic heterocycles. The number of aryl methyl sites for hydroxylation is 1. The molecule has 0 spiro atoms. The molecule has 0 saturated carbocycles. The average Bonchev–Trinajstić information content (AvgIpc) is 3.33. The molecule has 0 aliphatic carbocycles. The highest BCUT2D eigenvalue weighted by atomic mass is 127. The maximum atomic E-state index is 11.0. The summed E-state index contributed by atoms with van der Waals surface area (Å²) in [6.07, 6.45) is 8.53. The van der Waals surface area contributed by atoms with E-state index >= 15 is 0 Å². The largest absolute Gasteiger partial charge is 0.453 e. The van der Waals surface area contributed by atoms with E-state index in [-0.39, 0.29) is 0 Å². The van der Waals surface area contributed by atoms with Crippen molar-refractivity contribution in [1.29, 1.82) is 0 Å². The number of furan rings is 1. The molecule has 0 N–H and O–H groups in total. The third-order valence-corrected chi connectivity index (χ3v) is 6.26. The van der Waals surface area contributed by atoms with Gasteiger partial charge in [-0.1, -0.05) is 39.0 Å². The topological polar surface area (TPSA) is 35.1 Å². The monoisotopic (exact) mass is 499 g/mol. The van der Waals surface area contributed by atoms with Crippen LogP contribution in [0.15, 0.2) is 52.9 Å². The molecule has 4 rings (SSSR count). The van der Waals surface area contributed by atoms with E-state index < -0.39 is 0 Å². The summed E-state index contributed by atoms with van der Waals surface area (Å²) in [7, 11) is 0. The third kappa shape index (κ3) is 4.27.